The summed E-state index contributed by atoms with van der Waals surface area (Å²) in [5, 5.41) is 10.6. The fourth-order valence-electron chi connectivity index (χ4n) is 1.59. The van der Waals surface area contributed by atoms with E-state index in [-0.39, 0.29) is 9.77 Å². The molecule has 0 spiro atoms. The SMILES string of the molecule is CS(=O)(=O)c1scc(-c2cccc(F)c2)c1C#N. The maximum Gasteiger partial charge on any atom is 0.186 e. The Morgan fingerprint density at radius 1 is 1.39 bits per heavy atom. The van der Waals surface area contributed by atoms with Gasteiger partial charge in [-0.05, 0) is 17.7 Å². The predicted octanol–water partition coefficient (Wildman–Crippen LogP) is 2.83. The van der Waals surface area contributed by atoms with E-state index in [1.54, 1.807) is 11.4 Å². The predicted molar refractivity (Wildman–Crippen MR) is 67.5 cm³/mol. The van der Waals surface area contributed by atoms with Crippen LogP contribution >= 0.6 is 11.3 Å². The Labute approximate surface area is 108 Å². The van der Waals surface area contributed by atoms with Crippen LogP contribution in [0.5, 0.6) is 0 Å². The third-order valence-corrected chi connectivity index (χ3v) is 5.19. The maximum absolute atomic E-state index is 13.1. The molecule has 0 saturated heterocycles. The monoisotopic (exact) mass is 281 g/mol. The zero-order valence-electron chi connectivity index (χ0n) is 9.34. The summed E-state index contributed by atoms with van der Waals surface area (Å²) in [5.41, 5.74) is 1.02. The number of sulfone groups is 1. The molecule has 92 valence electrons. The summed E-state index contributed by atoms with van der Waals surface area (Å²) < 4.78 is 36.2. The molecule has 0 bridgehead atoms. The Hall–Kier alpha value is -1.71. The smallest absolute Gasteiger partial charge is 0.186 e. The van der Waals surface area contributed by atoms with E-state index in [1.807, 2.05) is 6.07 Å². The zero-order chi connectivity index (χ0) is 13.3. The molecule has 2 aromatic rings. The number of benzene rings is 1. The number of rotatable bonds is 2. The lowest BCUT2D eigenvalue weighted by atomic mass is 10.1. The van der Waals surface area contributed by atoms with Gasteiger partial charge in [0, 0.05) is 17.2 Å². The molecule has 0 aliphatic carbocycles. The molecule has 0 atom stereocenters. The highest BCUT2D eigenvalue weighted by molar-refractivity contribution is 7.92. The zero-order valence-corrected chi connectivity index (χ0v) is 11.0. The fraction of sp³-hybridized carbons (Fsp3) is 0.0833. The van der Waals surface area contributed by atoms with Crippen LogP contribution in [0, 0.1) is 17.1 Å². The summed E-state index contributed by atoms with van der Waals surface area (Å²) in [4.78, 5) is 0. The second-order valence-corrected chi connectivity index (χ2v) is 6.80. The van der Waals surface area contributed by atoms with Crippen LogP contribution < -0.4 is 0 Å². The second-order valence-electron chi connectivity index (χ2n) is 3.71. The van der Waals surface area contributed by atoms with Crippen molar-refractivity contribution in [3.05, 3.63) is 41.0 Å². The molecular weight excluding hydrogens is 273 g/mol. The Balaban J connectivity index is 2.69. The molecule has 0 fully saturated rings. The van der Waals surface area contributed by atoms with Crippen molar-refractivity contribution in [3.8, 4) is 17.2 Å². The first kappa shape index (κ1) is 12.7. The van der Waals surface area contributed by atoms with Gasteiger partial charge in [0.25, 0.3) is 0 Å². The molecule has 1 aromatic carbocycles. The first-order valence-corrected chi connectivity index (χ1v) is 7.68. The van der Waals surface area contributed by atoms with Gasteiger partial charge in [0.2, 0.25) is 0 Å². The van der Waals surface area contributed by atoms with E-state index in [4.69, 9.17) is 5.26 Å². The van der Waals surface area contributed by atoms with Crippen molar-refractivity contribution in [1.29, 1.82) is 5.26 Å². The maximum atomic E-state index is 13.1. The highest BCUT2D eigenvalue weighted by Crippen LogP contribution is 2.34. The average molecular weight is 281 g/mol. The third-order valence-electron chi connectivity index (χ3n) is 2.34. The van der Waals surface area contributed by atoms with Gasteiger partial charge in [-0.25, -0.2) is 12.8 Å². The summed E-state index contributed by atoms with van der Waals surface area (Å²) in [6.45, 7) is 0. The second kappa shape index (κ2) is 4.52. The van der Waals surface area contributed by atoms with Crippen LogP contribution in [0.2, 0.25) is 0 Å². The van der Waals surface area contributed by atoms with Crippen LogP contribution in [0.4, 0.5) is 4.39 Å². The molecule has 1 aromatic heterocycles. The van der Waals surface area contributed by atoms with E-state index in [9.17, 15) is 12.8 Å². The van der Waals surface area contributed by atoms with E-state index < -0.39 is 15.7 Å². The standard InChI is InChI=1S/C12H8FNO2S2/c1-18(15,16)12-10(6-14)11(7-17-12)8-3-2-4-9(13)5-8/h2-5,7H,1H3. The van der Waals surface area contributed by atoms with Crippen LogP contribution in [0.1, 0.15) is 5.56 Å². The molecule has 0 aliphatic heterocycles. The van der Waals surface area contributed by atoms with Gasteiger partial charge in [0.05, 0.1) is 5.56 Å². The molecule has 0 N–H and O–H groups in total. The van der Waals surface area contributed by atoms with Gasteiger partial charge in [-0.3, -0.25) is 0 Å². The van der Waals surface area contributed by atoms with Gasteiger partial charge < -0.3 is 0 Å². The van der Waals surface area contributed by atoms with Gasteiger partial charge >= 0.3 is 0 Å². The topological polar surface area (TPSA) is 57.9 Å². The minimum absolute atomic E-state index is 0.0178. The minimum Gasteiger partial charge on any atom is -0.223 e. The molecule has 0 amide bonds. The van der Waals surface area contributed by atoms with E-state index in [2.05, 4.69) is 0 Å². The van der Waals surface area contributed by atoms with Crippen molar-refractivity contribution in [2.75, 3.05) is 6.26 Å². The van der Waals surface area contributed by atoms with Gasteiger partial charge in [-0.1, -0.05) is 12.1 Å². The lowest BCUT2D eigenvalue weighted by Gasteiger charge is -2.00. The van der Waals surface area contributed by atoms with E-state index in [1.165, 1.54) is 18.2 Å². The average Bonchev–Trinajstić information content (AvgIpc) is 2.72. The van der Waals surface area contributed by atoms with Crippen LogP contribution in [0.15, 0.2) is 33.9 Å². The molecule has 3 nitrogen and oxygen atoms in total. The van der Waals surface area contributed by atoms with Crippen molar-refractivity contribution in [2.24, 2.45) is 0 Å². The Morgan fingerprint density at radius 3 is 2.67 bits per heavy atom. The van der Waals surface area contributed by atoms with Crippen LogP contribution in [-0.2, 0) is 9.84 Å². The third kappa shape index (κ3) is 2.28. The summed E-state index contributed by atoms with van der Waals surface area (Å²) in [7, 11) is -3.44. The summed E-state index contributed by atoms with van der Waals surface area (Å²) in [5.74, 6) is -0.427. The quantitative estimate of drug-likeness (QED) is 0.850. The van der Waals surface area contributed by atoms with Gasteiger partial charge in [0.15, 0.2) is 9.84 Å². The van der Waals surface area contributed by atoms with Gasteiger partial charge in [0.1, 0.15) is 16.1 Å². The highest BCUT2D eigenvalue weighted by atomic mass is 32.2. The van der Waals surface area contributed by atoms with Crippen molar-refractivity contribution < 1.29 is 12.8 Å². The lowest BCUT2D eigenvalue weighted by molar-refractivity contribution is 0.603. The number of hydrogen-bond donors (Lipinski definition) is 0. The number of thiophene rings is 1. The van der Waals surface area contributed by atoms with Crippen molar-refractivity contribution in [1.82, 2.24) is 0 Å². The molecule has 0 saturated carbocycles. The van der Waals surface area contributed by atoms with E-state index in [0.717, 1.165) is 17.6 Å². The molecule has 0 unspecified atom stereocenters. The first-order valence-electron chi connectivity index (χ1n) is 4.91. The van der Waals surface area contributed by atoms with Gasteiger partial charge in [-0.2, -0.15) is 5.26 Å². The molecule has 2 rings (SSSR count). The van der Waals surface area contributed by atoms with Crippen LogP contribution in [0.25, 0.3) is 11.1 Å². The first-order chi connectivity index (χ1) is 8.43. The highest BCUT2D eigenvalue weighted by Gasteiger charge is 2.20. The summed E-state index contributed by atoms with van der Waals surface area (Å²) in [6.07, 6.45) is 1.05. The van der Waals surface area contributed by atoms with Crippen LogP contribution in [-0.4, -0.2) is 14.7 Å². The van der Waals surface area contributed by atoms with Crippen molar-refractivity contribution >= 4 is 21.2 Å². The Bertz CT molecular complexity index is 742. The molecule has 1 heterocycles. The Morgan fingerprint density at radius 2 is 2.11 bits per heavy atom. The molecule has 6 heteroatoms. The normalized spacial score (nSPS) is 11.2. The summed E-state index contributed by atoms with van der Waals surface area (Å²) in [6, 6.07) is 7.60. The fourth-order valence-corrected chi connectivity index (χ4v) is 3.71. The Kier molecular flexibility index (Phi) is 3.20. The van der Waals surface area contributed by atoms with E-state index in [0.29, 0.717) is 11.1 Å². The van der Waals surface area contributed by atoms with Crippen molar-refractivity contribution in [2.45, 2.75) is 4.21 Å². The lowest BCUT2D eigenvalue weighted by Crippen LogP contribution is -1.96. The number of hydrogen-bond acceptors (Lipinski definition) is 4. The molecule has 0 radical (unpaired) electrons. The minimum atomic E-state index is -3.44. The van der Waals surface area contributed by atoms with Gasteiger partial charge in [-0.15, -0.1) is 11.3 Å². The number of nitrogens with zero attached hydrogens (tertiary/aromatic N) is 1. The largest absolute Gasteiger partial charge is 0.223 e. The number of nitriles is 1. The molecular formula is C12H8FNO2S2. The summed E-state index contributed by atoms with van der Waals surface area (Å²) >= 11 is 0.975. The van der Waals surface area contributed by atoms with Crippen LogP contribution in [0.3, 0.4) is 0 Å². The number of halogens is 1. The van der Waals surface area contributed by atoms with Crippen molar-refractivity contribution in [3.63, 3.8) is 0 Å². The molecule has 0 aliphatic rings. The molecule has 18 heavy (non-hydrogen) atoms. The van der Waals surface area contributed by atoms with E-state index >= 15 is 0 Å².